The van der Waals surface area contributed by atoms with Gasteiger partial charge in [0.25, 0.3) is 0 Å². The van der Waals surface area contributed by atoms with Crippen molar-refractivity contribution < 1.29 is 0 Å². The van der Waals surface area contributed by atoms with Crippen LogP contribution in [0, 0.1) is 0 Å². The zero-order chi connectivity index (χ0) is 20.0. The molecule has 3 nitrogen and oxygen atoms in total. The maximum absolute atomic E-state index is 4.85. The van der Waals surface area contributed by atoms with Crippen molar-refractivity contribution in [2.75, 3.05) is 4.90 Å². The lowest BCUT2D eigenvalue weighted by atomic mass is 9.85. The lowest BCUT2D eigenvalue weighted by Gasteiger charge is -2.37. The molecule has 1 spiro atoms. The minimum Gasteiger partial charge on any atom is -0.303 e. The molecule has 1 aliphatic carbocycles. The van der Waals surface area contributed by atoms with Gasteiger partial charge in [0.1, 0.15) is 10.6 Å². The van der Waals surface area contributed by atoms with Crippen molar-refractivity contribution in [3.8, 4) is 0 Å². The average Bonchev–Trinajstić information content (AvgIpc) is 3.35. The Morgan fingerprint density at radius 1 is 0.900 bits per heavy atom. The Morgan fingerprint density at radius 2 is 1.63 bits per heavy atom. The summed E-state index contributed by atoms with van der Waals surface area (Å²) in [6, 6.07) is 21.5. The number of imidazole rings is 1. The van der Waals surface area contributed by atoms with E-state index < -0.39 is 0 Å². The molecule has 3 aliphatic rings. The van der Waals surface area contributed by atoms with Crippen LogP contribution in [0.3, 0.4) is 0 Å². The van der Waals surface area contributed by atoms with Crippen molar-refractivity contribution in [3.05, 3.63) is 121 Å². The third-order valence-electron chi connectivity index (χ3n) is 6.02. The van der Waals surface area contributed by atoms with Crippen molar-refractivity contribution in [1.82, 2.24) is 9.55 Å². The van der Waals surface area contributed by atoms with Gasteiger partial charge in [-0.05, 0) is 29.7 Å². The second-order valence-corrected chi connectivity index (χ2v) is 8.86. The van der Waals surface area contributed by atoms with E-state index in [-0.39, 0.29) is 10.8 Å². The van der Waals surface area contributed by atoms with E-state index in [0.29, 0.717) is 0 Å². The molecule has 1 atom stereocenters. The predicted molar refractivity (Wildman–Crippen MR) is 124 cm³/mol. The highest BCUT2D eigenvalue weighted by molar-refractivity contribution is 7.99. The number of nitrogens with zero attached hydrogens (tertiary/aromatic N) is 3. The maximum atomic E-state index is 4.85. The van der Waals surface area contributed by atoms with E-state index in [1.165, 1.54) is 21.8 Å². The summed E-state index contributed by atoms with van der Waals surface area (Å²) in [7, 11) is 0. The number of anilines is 1. The van der Waals surface area contributed by atoms with E-state index in [1.54, 1.807) is 0 Å². The number of aromatic nitrogens is 2. The summed E-state index contributed by atoms with van der Waals surface area (Å²) < 4.78 is 2.34. The molecule has 0 fully saturated rings. The van der Waals surface area contributed by atoms with Gasteiger partial charge >= 0.3 is 0 Å². The van der Waals surface area contributed by atoms with Crippen LogP contribution in [-0.2, 0) is 0 Å². The van der Waals surface area contributed by atoms with Crippen molar-refractivity contribution in [2.24, 2.45) is 0 Å². The van der Waals surface area contributed by atoms with Gasteiger partial charge in [0.2, 0.25) is 5.95 Å². The Bertz CT molecular complexity index is 1160. The van der Waals surface area contributed by atoms with Crippen molar-refractivity contribution in [1.29, 1.82) is 0 Å². The van der Waals surface area contributed by atoms with Gasteiger partial charge in [-0.2, -0.15) is 0 Å². The second kappa shape index (κ2) is 6.92. The zero-order valence-electron chi connectivity index (χ0n) is 16.4. The largest absolute Gasteiger partial charge is 0.303 e. The van der Waals surface area contributed by atoms with E-state index in [2.05, 4.69) is 113 Å². The van der Waals surface area contributed by atoms with Gasteiger partial charge in [-0.25, -0.2) is 4.98 Å². The molecule has 3 aromatic rings. The fourth-order valence-corrected chi connectivity index (χ4v) is 5.85. The van der Waals surface area contributed by atoms with E-state index >= 15 is 0 Å². The number of hydrogen-bond donors (Lipinski definition) is 0. The number of allylic oxidation sites excluding steroid dienone is 4. The first kappa shape index (κ1) is 17.6. The predicted octanol–water partition coefficient (Wildman–Crippen LogP) is 6.21. The molecule has 3 heterocycles. The molecule has 146 valence electrons. The molecule has 1 aromatic heterocycles. The van der Waals surface area contributed by atoms with Gasteiger partial charge in [0.05, 0.1) is 17.1 Å². The molecule has 0 amide bonds. The van der Waals surface area contributed by atoms with Crippen molar-refractivity contribution in [3.63, 3.8) is 0 Å². The Kier molecular flexibility index (Phi) is 4.06. The molecule has 2 aliphatic heterocycles. The van der Waals surface area contributed by atoms with Crippen LogP contribution in [-0.4, -0.2) is 15.1 Å². The molecule has 4 heteroatoms. The number of hydrogen-bond acceptors (Lipinski definition) is 3. The Hall–Kier alpha value is -3.24. The molecule has 0 radical (unpaired) electrons. The summed E-state index contributed by atoms with van der Waals surface area (Å²) in [6.45, 7) is 0. The first-order valence-electron chi connectivity index (χ1n) is 10.2. The lowest BCUT2D eigenvalue weighted by Crippen LogP contribution is -2.43. The highest BCUT2D eigenvalue weighted by Gasteiger charge is 2.48. The van der Waals surface area contributed by atoms with Crippen molar-refractivity contribution >= 4 is 23.4 Å². The third kappa shape index (κ3) is 2.57. The van der Waals surface area contributed by atoms with E-state index in [1.807, 2.05) is 18.0 Å². The van der Waals surface area contributed by atoms with Crippen molar-refractivity contribution in [2.45, 2.75) is 22.2 Å². The van der Waals surface area contributed by atoms with Crippen LogP contribution in [0.15, 0.2) is 115 Å². The molecule has 0 bridgehead atoms. The molecule has 0 N–H and O–H groups in total. The minimum atomic E-state index is -0.155. The van der Waals surface area contributed by atoms with Gasteiger partial charge < -0.3 is 4.90 Å². The van der Waals surface area contributed by atoms with Gasteiger partial charge in [-0.1, -0.05) is 96.7 Å². The monoisotopic (exact) mass is 407 g/mol. The van der Waals surface area contributed by atoms with Crippen LogP contribution >= 0.6 is 11.8 Å². The fourth-order valence-electron chi connectivity index (χ4n) is 4.62. The quantitative estimate of drug-likeness (QED) is 0.480. The first-order chi connectivity index (χ1) is 14.9. The molecular formula is C26H21N3S. The summed E-state index contributed by atoms with van der Waals surface area (Å²) in [5.41, 5.74) is 3.72. The van der Waals surface area contributed by atoms with Crippen LogP contribution in [0.5, 0.6) is 0 Å². The fraction of sp³-hybridized carbons (Fsp3) is 0.115. The Labute approximate surface area is 180 Å². The summed E-state index contributed by atoms with van der Waals surface area (Å²) in [6.07, 6.45) is 18.3. The topological polar surface area (TPSA) is 21.1 Å². The molecule has 2 aromatic carbocycles. The Balaban J connectivity index is 1.46. The van der Waals surface area contributed by atoms with Crippen LogP contribution < -0.4 is 4.90 Å². The highest BCUT2D eigenvalue weighted by atomic mass is 32.2. The molecule has 1 unspecified atom stereocenters. The summed E-state index contributed by atoms with van der Waals surface area (Å²) in [5, 5.41) is 1.37. The maximum Gasteiger partial charge on any atom is 0.216 e. The molecule has 0 saturated heterocycles. The molecular weight excluding hydrogens is 386 g/mol. The second-order valence-electron chi connectivity index (χ2n) is 7.73. The summed E-state index contributed by atoms with van der Waals surface area (Å²) in [4.78, 5) is 7.17. The smallest absolute Gasteiger partial charge is 0.216 e. The van der Waals surface area contributed by atoms with Crippen LogP contribution in [0.25, 0.3) is 5.70 Å². The summed E-state index contributed by atoms with van der Waals surface area (Å²) in [5.74, 6) is 0.993. The van der Waals surface area contributed by atoms with Gasteiger partial charge in [0, 0.05) is 6.20 Å². The van der Waals surface area contributed by atoms with Crippen LogP contribution in [0.2, 0.25) is 0 Å². The lowest BCUT2D eigenvalue weighted by molar-refractivity contribution is 0.652. The number of thioether (sulfide) groups is 1. The third-order valence-corrected chi connectivity index (χ3v) is 7.33. The molecule has 0 saturated carbocycles. The number of fused-ring (bicyclic) bond motifs is 3. The van der Waals surface area contributed by atoms with E-state index in [4.69, 9.17) is 4.98 Å². The molecule has 30 heavy (non-hydrogen) atoms. The van der Waals surface area contributed by atoms with E-state index in [0.717, 1.165) is 12.4 Å². The standard InChI is InChI=1S/C26H21N3S/c1-3-11-20(12-4-1)24(21-13-5-2-6-14-21)30-23-19-27-25-28-18-10-9-17-26(28)16-8-7-15-22(26)29(23)25/h1-15,17-19,24H,16H2. The Morgan fingerprint density at radius 3 is 2.37 bits per heavy atom. The zero-order valence-corrected chi connectivity index (χ0v) is 17.2. The normalized spacial score (nSPS) is 20.8. The average molecular weight is 408 g/mol. The summed E-state index contributed by atoms with van der Waals surface area (Å²) >= 11 is 1.87. The SMILES string of the molecule is C1=CCC23C=CC=CN2c2ncc(SC(c4ccccc4)c4ccccc4)n2C3=C1. The van der Waals surface area contributed by atoms with Gasteiger partial charge in [-0.3, -0.25) is 4.57 Å². The van der Waals surface area contributed by atoms with Crippen LogP contribution in [0.1, 0.15) is 22.8 Å². The highest BCUT2D eigenvalue weighted by Crippen LogP contribution is 2.51. The van der Waals surface area contributed by atoms with Gasteiger partial charge in [-0.15, -0.1) is 0 Å². The minimum absolute atomic E-state index is 0.155. The van der Waals surface area contributed by atoms with E-state index in [9.17, 15) is 0 Å². The number of benzene rings is 2. The molecule has 6 rings (SSSR count). The van der Waals surface area contributed by atoms with Gasteiger partial charge in [0.15, 0.2) is 0 Å². The van der Waals surface area contributed by atoms with Crippen LogP contribution in [0.4, 0.5) is 5.95 Å². The number of rotatable bonds is 4. The first-order valence-corrected chi connectivity index (χ1v) is 11.1.